The summed E-state index contributed by atoms with van der Waals surface area (Å²) in [6, 6.07) is 3.57. The lowest BCUT2D eigenvalue weighted by molar-refractivity contribution is -0.400. The van der Waals surface area contributed by atoms with E-state index in [9.17, 15) is 19.8 Å². The summed E-state index contributed by atoms with van der Waals surface area (Å²) < 4.78 is 0. The van der Waals surface area contributed by atoms with Gasteiger partial charge in [0, 0.05) is 31.8 Å². The van der Waals surface area contributed by atoms with Crippen LogP contribution in [0, 0.1) is 6.92 Å². The van der Waals surface area contributed by atoms with Crippen molar-refractivity contribution >= 4 is 11.9 Å². The average Bonchev–Trinajstić information content (AvgIpc) is 2.38. The molecule has 6 heteroatoms. The molecule has 0 aliphatic heterocycles. The zero-order valence-electron chi connectivity index (χ0n) is 11.8. The predicted octanol–water partition coefficient (Wildman–Crippen LogP) is 0.458. The number of carbonyl (C=O) groups is 2. The highest BCUT2D eigenvalue weighted by molar-refractivity contribution is 5.67. The van der Waals surface area contributed by atoms with Crippen LogP contribution in [0.3, 0.4) is 0 Å². The monoisotopic (exact) mass is 283 g/mol. The number of aryl methyl sites for hydroxylation is 2. The van der Waals surface area contributed by atoms with E-state index in [-0.39, 0.29) is 12.8 Å². The summed E-state index contributed by atoms with van der Waals surface area (Å²) in [5, 5.41) is 27.1. The molecule has 0 atom stereocenters. The van der Waals surface area contributed by atoms with Crippen LogP contribution in [0.25, 0.3) is 0 Å². The second-order valence-electron chi connectivity index (χ2n) is 4.33. The highest BCUT2D eigenvalue weighted by atomic mass is 16.4. The number of aromatic hydroxyl groups is 1. The van der Waals surface area contributed by atoms with E-state index in [1.54, 1.807) is 6.07 Å². The number of pyridine rings is 1. The molecule has 0 bridgehead atoms. The molecule has 20 heavy (non-hydrogen) atoms. The van der Waals surface area contributed by atoms with Gasteiger partial charge in [-0.1, -0.05) is 6.92 Å². The molecule has 0 saturated heterocycles. The molecule has 3 N–H and O–H groups in total. The standard InChI is InChI=1S/C8H11NO.C6H10O4/c1-3-7-8(10)5-4-6(2)9-7;7-5(8)3-1-2-4-6(9)10/h4-5,10H,3H2,1-2H3;1-4H2,(H,7,8)(H,9,10). The molecule has 0 aliphatic carbocycles. The van der Waals surface area contributed by atoms with E-state index >= 15 is 0 Å². The molecule has 1 rings (SSSR count). The molecule has 1 heterocycles. The van der Waals surface area contributed by atoms with E-state index in [4.69, 9.17) is 5.11 Å². The first-order valence-corrected chi connectivity index (χ1v) is 6.49. The molecular weight excluding hydrogens is 262 g/mol. The van der Waals surface area contributed by atoms with Crippen LogP contribution >= 0.6 is 0 Å². The zero-order valence-corrected chi connectivity index (χ0v) is 11.8. The van der Waals surface area contributed by atoms with Crippen LogP contribution in [-0.4, -0.2) is 22.2 Å². The Hall–Kier alpha value is -2.11. The Morgan fingerprint density at radius 3 is 2.30 bits per heavy atom. The van der Waals surface area contributed by atoms with Gasteiger partial charge in [-0.2, -0.15) is 0 Å². The van der Waals surface area contributed by atoms with Gasteiger partial charge in [0.25, 0.3) is 0 Å². The van der Waals surface area contributed by atoms with Gasteiger partial charge in [-0.25, -0.2) is 4.98 Å². The van der Waals surface area contributed by atoms with Crippen molar-refractivity contribution in [3.63, 3.8) is 0 Å². The van der Waals surface area contributed by atoms with Crippen LogP contribution < -0.4 is 10.1 Å². The molecule has 0 amide bonds. The van der Waals surface area contributed by atoms with Crippen molar-refractivity contribution in [3.8, 4) is 5.75 Å². The van der Waals surface area contributed by atoms with Gasteiger partial charge < -0.3 is 20.1 Å². The second kappa shape index (κ2) is 9.77. The summed E-state index contributed by atoms with van der Waals surface area (Å²) in [6.45, 7) is 3.98. The molecule has 0 saturated carbocycles. The molecule has 0 unspecified atom stereocenters. The molecule has 1 aromatic rings. The van der Waals surface area contributed by atoms with Gasteiger partial charge in [-0.3, -0.25) is 4.79 Å². The lowest BCUT2D eigenvalue weighted by atomic mass is 10.2. The Balaban J connectivity index is 0.000000361. The van der Waals surface area contributed by atoms with Gasteiger partial charge >= 0.3 is 5.97 Å². The minimum atomic E-state index is -1.12. The number of unbranched alkanes of at least 4 members (excludes halogenated alkanes) is 1. The molecular formula is C14H21NO5. The number of rotatable bonds is 6. The highest BCUT2D eigenvalue weighted by Gasteiger charge is 2.05. The van der Waals surface area contributed by atoms with Crippen molar-refractivity contribution < 1.29 is 29.9 Å². The van der Waals surface area contributed by atoms with Crippen molar-refractivity contribution in [3.05, 3.63) is 23.5 Å². The summed E-state index contributed by atoms with van der Waals surface area (Å²) >= 11 is 0. The van der Waals surface area contributed by atoms with Crippen molar-refractivity contribution in [1.82, 2.24) is 0 Å². The number of H-pyrrole nitrogens is 1. The number of aromatic nitrogens is 1. The fourth-order valence-electron chi connectivity index (χ4n) is 1.46. The molecule has 112 valence electrons. The number of carbonyl (C=O) groups excluding carboxylic acids is 1. The number of carboxylic acids is 2. The Kier molecular flexibility index (Phi) is 8.74. The van der Waals surface area contributed by atoms with Crippen LogP contribution in [0.5, 0.6) is 5.75 Å². The Morgan fingerprint density at radius 2 is 1.85 bits per heavy atom. The smallest absolute Gasteiger partial charge is 0.303 e. The maximum absolute atomic E-state index is 9.88. The molecule has 0 aliphatic rings. The number of aliphatic carboxylic acids is 2. The molecule has 6 nitrogen and oxygen atoms in total. The van der Waals surface area contributed by atoms with E-state index in [0.29, 0.717) is 18.6 Å². The van der Waals surface area contributed by atoms with E-state index < -0.39 is 11.9 Å². The van der Waals surface area contributed by atoms with Gasteiger partial charge in [0.15, 0.2) is 11.4 Å². The lowest BCUT2D eigenvalue weighted by Gasteiger charge is -1.98. The summed E-state index contributed by atoms with van der Waals surface area (Å²) in [5.41, 5.74) is 1.98. The number of carboxylic acid groups (broad SMARTS) is 2. The van der Waals surface area contributed by atoms with Crippen molar-refractivity contribution in [2.75, 3.05) is 0 Å². The summed E-state index contributed by atoms with van der Waals surface area (Å²) in [6.07, 6.45) is 1.62. The van der Waals surface area contributed by atoms with E-state index in [1.807, 2.05) is 19.9 Å². The van der Waals surface area contributed by atoms with Crippen LogP contribution in [0.1, 0.15) is 44.0 Å². The van der Waals surface area contributed by atoms with Crippen LogP contribution in [0.15, 0.2) is 12.1 Å². The van der Waals surface area contributed by atoms with Crippen LogP contribution in [0.2, 0.25) is 0 Å². The third-order valence-electron chi connectivity index (χ3n) is 2.52. The molecule has 0 spiro atoms. The average molecular weight is 283 g/mol. The minimum absolute atomic E-state index is 0.0350. The minimum Gasteiger partial charge on any atom is -0.550 e. The largest absolute Gasteiger partial charge is 0.550 e. The Morgan fingerprint density at radius 1 is 1.25 bits per heavy atom. The summed E-state index contributed by atoms with van der Waals surface area (Å²) in [4.78, 5) is 22.7. The van der Waals surface area contributed by atoms with Gasteiger partial charge in [0.2, 0.25) is 5.69 Å². The van der Waals surface area contributed by atoms with E-state index in [0.717, 1.165) is 17.8 Å². The van der Waals surface area contributed by atoms with Gasteiger partial charge in [0.05, 0.1) is 0 Å². The van der Waals surface area contributed by atoms with Gasteiger partial charge in [-0.15, -0.1) is 0 Å². The van der Waals surface area contributed by atoms with Gasteiger partial charge in [-0.05, 0) is 25.3 Å². The Bertz CT molecular complexity index is 429. The molecule has 0 fully saturated rings. The van der Waals surface area contributed by atoms with Crippen molar-refractivity contribution in [2.45, 2.75) is 46.0 Å². The number of hydrogen-bond donors (Lipinski definition) is 2. The normalized spacial score (nSPS) is 9.50. The van der Waals surface area contributed by atoms with Crippen LogP contribution in [-0.2, 0) is 16.0 Å². The third kappa shape index (κ3) is 8.91. The molecule has 1 aromatic heterocycles. The zero-order chi connectivity index (χ0) is 15.5. The maximum Gasteiger partial charge on any atom is 0.303 e. The molecule has 0 aromatic carbocycles. The number of hydrogen-bond acceptors (Lipinski definition) is 4. The van der Waals surface area contributed by atoms with Crippen LogP contribution in [0.4, 0.5) is 0 Å². The first-order chi connectivity index (χ1) is 9.36. The first kappa shape index (κ1) is 17.9. The van der Waals surface area contributed by atoms with Crippen molar-refractivity contribution in [1.29, 1.82) is 0 Å². The fraction of sp³-hybridized carbons (Fsp3) is 0.500. The van der Waals surface area contributed by atoms with Crippen molar-refractivity contribution in [2.24, 2.45) is 0 Å². The quantitative estimate of drug-likeness (QED) is 0.736. The van der Waals surface area contributed by atoms with E-state index in [1.165, 1.54) is 0 Å². The number of aromatic amines is 1. The molecule has 0 radical (unpaired) electrons. The summed E-state index contributed by atoms with van der Waals surface area (Å²) in [7, 11) is 0. The number of nitrogens with one attached hydrogen (secondary N) is 1. The SMILES string of the molecule is CCc1[nH+]c(C)ccc1O.O=C([O-])CCCCC(=O)O. The predicted molar refractivity (Wildman–Crippen MR) is 69.9 cm³/mol. The highest BCUT2D eigenvalue weighted by Crippen LogP contribution is 2.10. The fourth-order valence-corrected chi connectivity index (χ4v) is 1.46. The third-order valence-corrected chi connectivity index (χ3v) is 2.52. The van der Waals surface area contributed by atoms with Gasteiger partial charge in [0.1, 0.15) is 0 Å². The summed E-state index contributed by atoms with van der Waals surface area (Å²) in [5.74, 6) is -1.66. The van der Waals surface area contributed by atoms with E-state index in [2.05, 4.69) is 4.98 Å². The first-order valence-electron chi connectivity index (χ1n) is 6.49. The topological polar surface area (TPSA) is 112 Å². The second-order valence-corrected chi connectivity index (χ2v) is 4.33. The lowest BCUT2D eigenvalue weighted by Crippen LogP contribution is -2.21. The maximum atomic E-state index is 9.88. The Labute approximate surface area is 118 Å².